The number of ether oxygens (including phenoxy) is 1. The quantitative estimate of drug-likeness (QED) is 0.595. The number of benzene rings is 3. The van der Waals surface area contributed by atoms with Crippen LogP contribution >= 0.6 is 11.6 Å². The van der Waals surface area contributed by atoms with E-state index in [1.165, 1.54) is 37.4 Å². The van der Waals surface area contributed by atoms with Gasteiger partial charge in [-0.05, 0) is 48.0 Å². The predicted molar refractivity (Wildman–Crippen MR) is 114 cm³/mol. The van der Waals surface area contributed by atoms with Crippen molar-refractivity contribution in [2.45, 2.75) is 0 Å². The van der Waals surface area contributed by atoms with Crippen LogP contribution in [-0.4, -0.2) is 18.9 Å². The highest BCUT2D eigenvalue weighted by Gasteiger charge is 2.40. The van der Waals surface area contributed by atoms with Crippen molar-refractivity contribution in [2.75, 3.05) is 17.3 Å². The lowest BCUT2D eigenvalue weighted by Crippen LogP contribution is -2.32. The molecule has 0 unspecified atom stereocenters. The summed E-state index contributed by atoms with van der Waals surface area (Å²) in [6.07, 6.45) is 0. The molecule has 1 heterocycles. The second kappa shape index (κ2) is 8.00. The molecule has 0 fully saturated rings. The van der Waals surface area contributed by atoms with Gasteiger partial charge in [0.25, 0.3) is 11.8 Å². The van der Waals surface area contributed by atoms with E-state index in [1.807, 2.05) is 0 Å². The Morgan fingerprint density at radius 2 is 1.67 bits per heavy atom. The van der Waals surface area contributed by atoms with E-state index in [1.54, 1.807) is 42.5 Å². The average molecular weight is 423 g/mol. The molecule has 2 amide bonds. The first-order valence-corrected chi connectivity index (χ1v) is 9.41. The number of nitrogens with zero attached hydrogens (tertiary/aromatic N) is 1. The summed E-state index contributed by atoms with van der Waals surface area (Å²) in [6, 6.07) is 18.9. The van der Waals surface area contributed by atoms with Crippen molar-refractivity contribution in [3.63, 3.8) is 0 Å². The van der Waals surface area contributed by atoms with Gasteiger partial charge in [-0.25, -0.2) is 9.29 Å². The number of hydrogen-bond acceptors (Lipinski definition) is 4. The van der Waals surface area contributed by atoms with E-state index in [0.29, 0.717) is 27.7 Å². The maximum absolute atomic E-state index is 13.4. The van der Waals surface area contributed by atoms with E-state index in [4.69, 9.17) is 16.3 Å². The van der Waals surface area contributed by atoms with Crippen LogP contribution in [-0.2, 0) is 9.59 Å². The van der Waals surface area contributed by atoms with Crippen molar-refractivity contribution < 1.29 is 18.7 Å². The second-order valence-corrected chi connectivity index (χ2v) is 6.98. The van der Waals surface area contributed by atoms with Crippen molar-refractivity contribution in [1.82, 2.24) is 0 Å². The molecule has 0 aliphatic carbocycles. The van der Waals surface area contributed by atoms with Crippen LogP contribution in [0.2, 0.25) is 5.02 Å². The summed E-state index contributed by atoms with van der Waals surface area (Å²) >= 11 is 6.05. The highest BCUT2D eigenvalue weighted by atomic mass is 35.5. The zero-order chi connectivity index (χ0) is 21.3. The molecule has 0 bridgehead atoms. The van der Waals surface area contributed by atoms with E-state index in [0.717, 1.165) is 4.90 Å². The van der Waals surface area contributed by atoms with Gasteiger partial charge in [0, 0.05) is 16.8 Å². The number of nitrogens with one attached hydrogen (secondary N) is 1. The van der Waals surface area contributed by atoms with E-state index in [9.17, 15) is 14.0 Å². The molecule has 5 nitrogen and oxygen atoms in total. The number of anilines is 2. The summed E-state index contributed by atoms with van der Waals surface area (Å²) < 4.78 is 18.7. The summed E-state index contributed by atoms with van der Waals surface area (Å²) in [5.41, 5.74) is 1.56. The molecule has 0 saturated carbocycles. The fourth-order valence-corrected chi connectivity index (χ4v) is 3.41. The fourth-order valence-electron chi connectivity index (χ4n) is 3.22. The first-order valence-electron chi connectivity index (χ1n) is 9.03. The molecule has 0 aromatic heterocycles. The van der Waals surface area contributed by atoms with Crippen LogP contribution in [0.4, 0.5) is 15.8 Å². The number of rotatable bonds is 5. The number of halogens is 2. The molecule has 30 heavy (non-hydrogen) atoms. The minimum atomic E-state index is -0.538. The normalized spacial score (nSPS) is 13.8. The van der Waals surface area contributed by atoms with Crippen LogP contribution in [0.1, 0.15) is 5.56 Å². The predicted octanol–water partition coefficient (Wildman–Crippen LogP) is 4.88. The van der Waals surface area contributed by atoms with Gasteiger partial charge in [0.2, 0.25) is 0 Å². The van der Waals surface area contributed by atoms with Gasteiger partial charge in [-0.15, -0.1) is 0 Å². The van der Waals surface area contributed by atoms with Crippen LogP contribution in [0.15, 0.2) is 78.5 Å². The smallest absolute Gasteiger partial charge is 0.282 e. The molecule has 0 radical (unpaired) electrons. The molecular weight excluding hydrogens is 407 g/mol. The summed E-state index contributed by atoms with van der Waals surface area (Å²) in [6.45, 7) is 0. The van der Waals surface area contributed by atoms with E-state index in [-0.39, 0.29) is 11.3 Å². The zero-order valence-corrected chi connectivity index (χ0v) is 16.6. The molecule has 1 N–H and O–H groups in total. The minimum absolute atomic E-state index is 0.0832. The Morgan fingerprint density at radius 3 is 2.37 bits per heavy atom. The maximum Gasteiger partial charge on any atom is 0.282 e. The topological polar surface area (TPSA) is 58.6 Å². The SMILES string of the molecule is COc1cccc(NC2=C(c3ccc(F)cc3)C(=O)N(c3cccc(Cl)c3)C2=O)c1. The van der Waals surface area contributed by atoms with Crippen LogP contribution < -0.4 is 15.0 Å². The van der Waals surface area contributed by atoms with Gasteiger partial charge in [0.05, 0.1) is 18.4 Å². The van der Waals surface area contributed by atoms with Gasteiger partial charge in [0.15, 0.2) is 0 Å². The summed E-state index contributed by atoms with van der Waals surface area (Å²) in [4.78, 5) is 27.6. The van der Waals surface area contributed by atoms with Crippen LogP contribution in [0.5, 0.6) is 5.75 Å². The van der Waals surface area contributed by atoms with Crippen LogP contribution in [0, 0.1) is 5.82 Å². The number of methoxy groups -OCH3 is 1. The Morgan fingerprint density at radius 1 is 0.933 bits per heavy atom. The third-order valence-corrected chi connectivity index (χ3v) is 4.86. The number of amides is 2. The van der Waals surface area contributed by atoms with E-state index < -0.39 is 17.6 Å². The van der Waals surface area contributed by atoms with E-state index >= 15 is 0 Å². The molecule has 0 saturated heterocycles. The fraction of sp³-hybridized carbons (Fsp3) is 0.0435. The summed E-state index contributed by atoms with van der Waals surface area (Å²) in [5.74, 6) is -0.916. The average Bonchev–Trinajstić information content (AvgIpc) is 2.98. The molecule has 3 aromatic rings. The summed E-state index contributed by atoms with van der Waals surface area (Å²) in [5, 5.41) is 3.43. The second-order valence-electron chi connectivity index (χ2n) is 6.54. The van der Waals surface area contributed by atoms with Gasteiger partial charge in [0.1, 0.15) is 17.3 Å². The Hall–Kier alpha value is -3.64. The van der Waals surface area contributed by atoms with Crippen molar-refractivity contribution in [2.24, 2.45) is 0 Å². The molecule has 0 atom stereocenters. The third-order valence-electron chi connectivity index (χ3n) is 4.62. The number of hydrogen-bond donors (Lipinski definition) is 1. The molecule has 1 aliphatic heterocycles. The molecule has 1 aliphatic rings. The standard InChI is InChI=1S/C23H16ClFN2O3/c1-30-19-7-3-5-17(13-19)26-21-20(14-8-10-16(25)11-9-14)22(28)27(23(21)29)18-6-2-4-15(24)12-18/h2-13,26H,1H3. The van der Waals surface area contributed by atoms with Crippen molar-refractivity contribution in [3.05, 3.63) is 94.9 Å². The largest absolute Gasteiger partial charge is 0.497 e. The Balaban J connectivity index is 1.82. The Labute approximate surface area is 177 Å². The van der Waals surface area contributed by atoms with Crippen LogP contribution in [0.3, 0.4) is 0 Å². The highest BCUT2D eigenvalue weighted by Crippen LogP contribution is 2.35. The van der Waals surface area contributed by atoms with Gasteiger partial charge in [-0.3, -0.25) is 9.59 Å². The highest BCUT2D eigenvalue weighted by molar-refractivity contribution is 6.46. The van der Waals surface area contributed by atoms with Gasteiger partial charge in [-0.2, -0.15) is 0 Å². The van der Waals surface area contributed by atoms with Crippen molar-refractivity contribution in [1.29, 1.82) is 0 Å². The van der Waals surface area contributed by atoms with Gasteiger partial charge >= 0.3 is 0 Å². The monoisotopic (exact) mass is 422 g/mol. The third kappa shape index (κ3) is 3.65. The van der Waals surface area contributed by atoms with Crippen LogP contribution in [0.25, 0.3) is 5.57 Å². The Kier molecular flexibility index (Phi) is 5.25. The lowest BCUT2D eigenvalue weighted by atomic mass is 10.0. The zero-order valence-electron chi connectivity index (χ0n) is 15.9. The lowest BCUT2D eigenvalue weighted by Gasteiger charge is -2.15. The van der Waals surface area contributed by atoms with Gasteiger partial charge < -0.3 is 10.1 Å². The Bertz CT molecular complexity index is 1180. The minimum Gasteiger partial charge on any atom is -0.497 e. The molecule has 150 valence electrons. The van der Waals surface area contributed by atoms with Crippen molar-refractivity contribution in [3.8, 4) is 5.75 Å². The first-order chi connectivity index (χ1) is 14.5. The molecule has 3 aromatic carbocycles. The van der Waals surface area contributed by atoms with Crippen molar-refractivity contribution >= 4 is 40.4 Å². The lowest BCUT2D eigenvalue weighted by molar-refractivity contribution is -0.120. The molecular formula is C23H16ClFN2O3. The number of carbonyl (C=O) groups is 2. The first kappa shape index (κ1) is 19.7. The number of imide groups is 1. The maximum atomic E-state index is 13.4. The molecule has 4 rings (SSSR count). The molecule has 7 heteroatoms. The molecule has 0 spiro atoms. The summed E-state index contributed by atoms with van der Waals surface area (Å²) in [7, 11) is 1.54. The number of carbonyl (C=O) groups excluding carboxylic acids is 2. The van der Waals surface area contributed by atoms with Gasteiger partial charge in [-0.1, -0.05) is 35.9 Å². The van der Waals surface area contributed by atoms with E-state index in [2.05, 4.69) is 5.32 Å².